The molecule has 0 aliphatic rings. The Morgan fingerprint density at radius 2 is 2.23 bits per heavy atom. The van der Waals surface area contributed by atoms with E-state index in [0.717, 1.165) is 4.88 Å². The molecule has 0 saturated carbocycles. The standard InChI is InChI=1S/C15H22N4O2S/c1-10(19(5)9-12(20)17-15(2,3)4)14-16-13(18-21-14)11-7-6-8-22-11/h6-8,10H,9H2,1-5H3,(H,17,20)/t10-/m0/s1. The average Bonchev–Trinajstić information content (AvgIpc) is 3.06. The molecule has 1 N–H and O–H groups in total. The first-order valence-electron chi connectivity index (χ1n) is 7.15. The number of likely N-dealkylation sites (N-methyl/N-ethyl adjacent to an activating group) is 1. The topological polar surface area (TPSA) is 71.3 Å². The maximum absolute atomic E-state index is 12.0. The number of hydrogen-bond acceptors (Lipinski definition) is 6. The third-order valence-electron chi connectivity index (χ3n) is 3.11. The number of aromatic nitrogens is 2. The van der Waals surface area contributed by atoms with Crippen molar-refractivity contribution in [1.29, 1.82) is 0 Å². The minimum atomic E-state index is -0.238. The highest BCUT2D eigenvalue weighted by Crippen LogP contribution is 2.24. The Labute approximate surface area is 134 Å². The summed E-state index contributed by atoms with van der Waals surface area (Å²) in [6, 6.07) is 3.76. The van der Waals surface area contributed by atoms with Crippen LogP contribution in [-0.4, -0.2) is 40.1 Å². The highest BCUT2D eigenvalue weighted by molar-refractivity contribution is 7.13. The Hall–Kier alpha value is -1.73. The van der Waals surface area contributed by atoms with Crippen LogP contribution >= 0.6 is 11.3 Å². The number of hydrogen-bond donors (Lipinski definition) is 1. The van der Waals surface area contributed by atoms with Gasteiger partial charge in [-0.25, -0.2) is 0 Å². The van der Waals surface area contributed by atoms with Crippen LogP contribution in [-0.2, 0) is 4.79 Å². The molecule has 6 nitrogen and oxygen atoms in total. The lowest BCUT2D eigenvalue weighted by molar-refractivity contribution is -0.123. The highest BCUT2D eigenvalue weighted by atomic mass is 32.1. The molecule has 0 saturated heterocycles. The number of rotatable bonds is 5. The molecule has 2 heterocycles. The van der Waals surface area contributed by atoms with Gasteiger partial charge < -0.3 is 9.84 Å². The van der Waals surface area contributed by atoms with Gasteiger partial charge in [0, 0.05) is 5.54 Å². The molecular weight excluding hydrogens is 300 g/mol. The molecule has 0 aliphatic heterocycles. The van der Waals surface area contributed by atoms with Crippen LogP contribution in [0, 0.1) is 0 Å². The second kappa shape index (κ2) is 6.58. The van der Waals surface area contributed by atoms with Crippen molar-refractivity contribution in [3.05, 3.63) is 23.4 Å². The Morgan fingerprint density at radius 3 is 2.82 bits per heavy atom. The summed E-state index contributed by atoms with van der Waals surface area (Å²) in [5.41, 5.74) is -0.238. The summed E-state index contributed by atoms with van der Waals surface area (Å²) in [5.74, 6) is 1.07. The van der Waals surface area contributed by atoms with Crippen molar-refractivity contribution in [3.8, 4) is 10.7 Å². The molecule has 0 unspecified atom stereocenters. The van der Waals surface area contributed by atoms with Crippen LogP contribution in [0.5, 0.6) is 0 Å². The molecule has 2 aromatic rings. The molecule has 0 radical (unpaired) electrons. The summed E-state index contributed by atoms with van der Waals surface area (Å²) in [6.07, 6.45) is 0. The highest BCUT2D eigenvalue weighted by Gasteiger charge is 2.22. The van der Waals surface area contributed by atoms with Gasteiger partial charge in [-0.15, -0.1) is 11.3 Å². The van der Waals surface area contributed by atoms with Gasteiger partial charge in [-0.05, 0) is 46.2 Å². The van der Waals surface area contributed by atoms with E-state index in [-0.39, 0.29) is 24.0 Å². The predicted octanol–water partition coefficient (Wildman–Crippen LogP) is 2.71. The molecule has 0 aromatic carbocycles. The lowest BCUT2D eigenvalue weighted by Crippen LogP contribution is -2.45. The molecule has 2 aromatic heterocycles. The monoisotopic (exact) mass is 322 g/mol. The van der Waals surface area contributed by atoms with E-state index in [2.05, 4.69) is 15.5 Å². The van der Waals surface area contributed by atoms with Crippen LogP contribution in [0.4, 0.5) is 0 Å². The summed E-state index contributed by atoms with van der Waals surface area (Å²) in [7, 11) is 1.86. The quantitative estimate of drug-likeness (QED) is 0.916. The van der Waals surface area contributed by atoms with Crippen molar-refractivity contribution in [1.82, 2.24) is 20.4 Å². The van der Waals surface area contributed by atoms with E-state index in [1.54, 1.807) is 11.3 Å². The number of thiophene rings is 1. The van der Waals surface area contributed by atoms with Gasteiger partial charge in [0.2, 0.25) is 17.6 Å². The predicted molar refractivity (Wildman–Crippen MR) is 86.6 cm³/mol. The fraction of sp³-hybridized carbons (Fsp3) is 0.533. The Balaban J connectivity index is 1.99. The summed E-state index contributed by atoms with van der Waals surface area (Å²) in [5, 5.41) is 8.91. The second-order valence-electron chi connectivity index (χ2n) is 6.32. The van der Waals surface area contributed by atoms with Crippen molar-refractivity contribution in [2.24, 2.45) is 0 Å². The van der Waals surface area contributed by atoms with E-state index < -0.39 is 0 Å². The molecule has 120 valence electrons. The van der Waals surface area contributed by atoms with Gasteiger partial charge in [0.15, 0.2) is 0 Å². The van der Waals surface area contributed by atoms with Gasteiger partial charge in [-0.3, -0.25) is 9.69 Å². The summed E-state index contributed by atoms with van der Waals surface area (Å²) in [4.78, 5) is 19.2. The third kappa shape index (κ3) is 4.38. The fourth-order valence-corrected chi connectivity index (χ4v) is 2.57. The summed E-state index contributed by atoms with van der Waals surface area (Å²) < 4.78 is 5.33. The zero-order valence-corrected chi connectivity index (χ0v) is 14.4. The number of carbonyl (C=O) groups excluding carboxylic acids is 1. The SMILES string of the molecule is C[C@@H](c1nc(-c2cccs2)no1)N(C)CC(=O)NC(C)(C)C. The number of nitrogens with one attached hydrogen (secondary N) is 1. The molecule has 0 fully saturated rings. The van der Waals surface area contributed by atoms with E-state index in [1.165, 1.54) is 0 Å². The Morgan fingerprint density at radius 1 is 1.50 bits per heavy atom. The average molecular weight is 322 g/mol. The van der Waals surface area contributed by atoms with Crippen molar-refractivity contribution in [3.63, 3.8) is 0 Å². The molecule has 0 bridgehead atoms. The second-order valence-corrected chi connectivity index (χ2v) is 7.27. The zero-order chi connectivity index (χ0) is 16.3. The Kier molecular flexibility index (Phi) is 4.97. The first kappa shape index (κ1) is 16.6. The smallest absolute Gasteiger partial charge is 0.244 e. The molecule has 2 rings (SSSR count). The minimum Gasteiger partial charge on any atom is -0.350 e. The maximum Gasteiger partial charge on any atom is 0.244 e. The van der Waals surface area contributed by atoms with Crippen LogP contribution in [0.3, 0.4) is 0 Å². The van der Waals surface area contributed by atoms with Gasteiger partial charge >= 0.3 is 0 Å². The van der Waals surface area contributed by atoms with Crippen molar-refractivity contribution >= 4 is 17.2 Å². The molecule has 0 spiro atoms. The van der Waals surface area contributed by atoms with E-state index in [0.29, 0.717) is 11.7 Å². The number of carbonyl (C=O) groups is 1. The molecular formula is C15H22N4O2S. The van der Waals surface area contributed by atoms with E-state index in [1.807, 2.05) is 57.2 Å². The van der Waals surface area contributed by atoms with E-state index in [4.69, 9.17) is 4.52 Å². The van der Waals surface area contributed by atoms with Gasteiger partial charge in [0.1, 0.15) is 0 Å². The van der Waals surface area contributed by atoms with Gasteiger partial charge in [-0.2, -0.15) is 4.98 Å². The van der Waals surface area contributed by atoms with Crippen molar-refractivity contribution in [2.75, 3.05) is 13.6 Å². The fourth-order valence-electron chi connectivity index (χ4n) is 1.92. The van der Waals surface area contributed by atoms with Crippen LogP contribution in [0.15, 0.2) is 22.0 Å². The third-order valence-corrected chi connectivity index (χ3v) is 3.98. The molecule has 0 aliphatic carbocycles. The molecule has 1 amide bonds. The van der Waals surface area contributed by atoms with Gasteiger partial charge in [0.25, 0.3) is 0 Å². The molecule has 1 atom stereocenters. The van der Waals surface area contributed by atoms with Crippen molar-refractivity contribution < 1.29 is 9.32 Å². The zero-order valence-electron chi connectivity index (χ0n) is 13.6. The number of nitrogens with zero attached hydrogens (tertiary/aromatic N) is 3. The summed E-state index contributed by atoms with van der Waals surface area (Å²) >= 11 is 1.56. The maximum atomic E-state index is 12.0. The number of amides is 1. The van der Waals surface area contributed by atoms with E-state index >= 15 is 0 Å². The van der Waals surface area contributed by atoms with Crippen molar-refractivity contribution in [2.45, 2.75) is 39.3 Å². The lowest BCUT2D eigenvalue weighted by Gasteiger charge is -2.25. The van der Waals surface area contributed by atoms with Crippen LogP contribution < -0.4 is 5.32 Å². The normalized spacial score (nSPS) is 13.4. The van der Waals surface area contributed by atoms with Crippen LogP contribution in [0.25, 0.3) is 10.7 Å². The summed E-state index contributed by atoms with van der Waals surface area (Å²) in [6.45, 7) is 8.09. The van der Waals surface area contributed by atoms with Gasteiger partial charge in [-0.1, -0.05) is 11.2 Å². The lowest BCUT2D eigenvalue weighted by atomic mass is 10.1. The minimum absolute atomic E-state index is 0.0279. The van der Waals surface area contributed by atoms with Gasteiger partial charge in [0.05, 0.1) is 17.5 Å². The molecule has 22 heavy (non-hydrogen) atoms. The Bertz CT molecular complexity index is 616. The molecule has 7 heteroatoms. The van der Waals surface area contributed by atoms with Crippen LogP contribution in [0.2, 0.25) is 0 Å². The van der Waals surface area contributed by atoms with Crippen LogP contribution in [0.1, 0.15) is 39.6 Å². The largest absolute Gasteiger partial charge is 0.350 e. The van der Waals surface area contributed by atoms with E-state index in [9.17, 15) is 4.79 Å². The first-order valence-corrected chi connectivity index (χ1v) is 8.03. The first-order chi connectivity index (χ1) is 10.3.